The number of hydrogen-bond acceptors (Lipinski definition) is 3. The molecule has 0 spiro atoms. The van der Waals surface area contributed by atoms with Gasteiger partial charge in [0.15, 0.2) is 0 Å². The van der Waals surface area contributed by atoms with E-state index in [1.54, 1.807) is 6.07 Å². The summed E-state index contributed by atoms with van der Waals surface area (Å²) in [6.07, 6.45) is 0.876. The van der Waals surface area contributed by atoms with Crippen LogP contribution in [0.2, 0.25) is 0 Å². The third-order valence-electron chi connectivity index (χ3n) is 0.939. The Balaban J connectivity index is 2.84. The Bertz CT molecular complexity index is 171. The molecule has 0 aliphatic carbocycles. The quantitative estimate of drug-likeness (QED) is 0.585. The lowest BCUT2D eigenvalue weighted by molar-refractivity contribution is 0.428. The van der Waals surface area contributed by atoms with Gasteiger partial charge in [0.2, 0.25) is 5.88 Å². The molecular weight excluding hydrogens is 104 g/mol. The van der Waals surface area contributed by atoms with E-state index in [0.717, 1.165) is 12.1 Å². The van der Waals surface area contributed by atoms with Crippen molar-refractivity contribution in [1.29, 1.82) is 0 Å². The Hall–Kier alpha value is -0.990. The molecular formula is C5H8N2O. The first kappa shape index (κ1) is 5.15. The molecule has 1 rings (SSSR count). The lowest BCUT2D eigenvalue weighted by atomic mass is 10.3. The normalized spacial score (nSPS) is 9.62. The van der Waals surface area contributed by atoms with Gasteiger partial charge in [-0.1, -0.05) is 12.1 Å². The van der Waals surface area contributed by atoms with Crippen LogP contribution in [0, 0.1) is 0 Å². The highest BCUT2D eigenvalue weighted by atomic mass is 16.5. The fraction of sp³-hybridized carbons (Fsp3) is 0.400. The van der Waals surface area contributed by atoms with Gasteiger partial charge in [-0.2, -0.15) is 0 Å². The van der Waals surface area contributed by atoms with E-state index in [1.165, 1.54) is 0 Å². The Morgan fingerprint density at radius 3 is 2.88 bits per heavy atom. The van der Waals surface area contributed by atoms with Crippen LogP contribution in [-0.4, -0.2) is 5.16 Å². The highest BCUT2D eigenvalue weighted by molar-refractivity contribution is 5.23. The third-order valence-corrected chi connectivity index (χ3v) is 0.939. The van der Waals surface area contributed by atoms with Crippen molar-refractivity contribution < 1.29 is 4.52 Å². The van der Waals surface area contributed by atoms with E-state index in [1.807, 2.05) is 6.92 Å². The molecule has 0 atom stereocenters. The standard InChI is InChI=1S/C5H8N2O/c1-2-4-3-5(6)8-7-4/h3H,2,6H2,1H3. The number of rotatable bonds is 1. The fourth-order valence-electron chi connectivity index (χ4n) is 0.495. The molecule has 3 heteroatoms. The van der Waals surface area contributed by atoms with Crippen LogP contribution in [0.4, 0.5) is 5.88 Å². The first-order chi connectivity index (χ1) is 3.83. The smallest absolute Gasteiger partial charge is 0.222 e. The van der Waals surface area contributed by atoms with Crippen LogP contribution < -0.4 is 5.73 Å². The molecule has 8 heavy (non-hydrogen) atoms. The average Bonchev–Trinajstić information content (AvgIpc) is 2.14. The Kier molecular flexibility index (Phi) is 1.20. The molecule has 1 aromatic heterocycles. The van der Waals surface area contributed by atoms with Crippen LogP contribution in [0.25, 0.3) is 0 Å². The maximum absolute atomic E-state index is 5.22. The van der Waals surface area contributed by atoms with E-state index < -0.39 is 0 Å². The summed E-state index contributed by atoms with van der Waals surface area (Å²) in [6.45, 7) is 2.00. The van der Waals surface area contributed by atoms with Crippen molar-refractivity contribution in [3.05, 3.63) is 11.8 Å². The van der Waals surface area contributed by atoms with Crippen LogP contribution in [-0.2, 0) is 6.42 Å². The van der Waals surface area contributed by atoms with Crippen molar-refractivity contribution >= 4 is 5.88 Å². The molecule has 44 valence electrons. The van der Waals surface area contributed by atoms with Gasteiger partial charge in [-0.25, -0.2) is 0 Å². The topological polar surface area (TPSA) is 52.0 Å². The van der Waals surface area contributed by atoms with Gasteiger partial charge in [0.1, 0.15) is 0 Å². The fourth-order valence-corrected chi connectivity index (χ4v) is 0.495. The van der Waals surface area contributed by atoms with Gasteiger partial charge in [-0.05, 0) is 6.42 Å². The van der Waals surface area contributed by atoms with Gasteiger partial charge in [0.05, 0.1) is 5.69 Å². The molecule has 0 aliphatic heterocycles. The van der Waals surface area contributed by atoms with Crippen molar-refractivity contribution in [3.63, 3.8) is 0 Å². The first-order valence-electron chi connectivity index (χ1n) is 2.54. The minimum atomic E-state index is 0.391. The molecule has 0 amide bonds. The molecule has 1 heterocycles. The molecule has 0 saturated carbocycles. The largest absolute Gasteiger partial charge is 0.368 e. The van der Waals surface area contributed by atoms with E-state index in [-0.39, 0.29) is 0 Å². The summed E-state index contributed by atoms with van der Waals surface area (Å²) in [5.74, 6) is 0.391. The first-order valence-corrected chi connectivity index (χ1v) is 2.54. The van der Waals surface area contributed by atoms with E-state index in [4.69, 9.17) is 5.73 Å². The zero-order valence-electron chi connectivity index (χ0n) is 4.72. The maximum Gasteiger partial charge on any atom is 0.222 e. The molecule has 0 fully saturated rings. The Morgan fingerprint density at radius 2 is 2.62 bits per heavy atom. The summed E-state index contributed by atoms with van der Waals surface area (Å²) in [7, 11) is 0. The second-order valence-electron chi connectivity index (χ2n) is 1.57. The van der Waals surface area contributed by atoms with Crippen LogP contribution in [0.15, 0.2) is 10.6 Å². The second-order valence-corrected chi connectivity index (χ2v) is 1.57. The van der Waals surface area contributed by atoms with Crippen molar-refractivity contribution in [3.8, 4) is 0 Å². The molecule has 0 aliphatic rings. The van der Waals surface area contributed by atoms with Crippen LogP contribution >= 0.6 is 0 Å². The van der Waals surface area contributed by atoms with E-state index in [9.17, 15) is 0 Å². The Labute approximate surface area is 47.5 Å². The van der Waals surface area contributed by atoms with E-state index in [2.05, 4.69) is 9.68 Å². The number of aromatic nitrogens is 1. The predicted octanol–water partition coefficient (Wildman–Crippen LogP) is 0.819. The summed E-state index contributed by atoms with van der Waals surface area (Å²) in [4.78, 5) is 0. The minimum Gasteiger partial charge on any atom is -0.368 e. The predicted molar refractivity (Wildman–Crippen MR) is 30.3 cm³/mol. The van der Waals surface area contributed by atoms with Crippen molar-refractivity contribution in [2.24, 2.45) is 0 Å². The van der Waals surface area contributed by atoms with E-state index in [0.29, 0.717) is 5.88 Å². The van der Waals surface area contributed by atoms with Crippen molar-refractivity contribution in [2.75, 3.05) is 5.73 Å². The number of anilines is 1. The summed E-state index contributed by atoms with van der Waals surface area (Å²) in [5, 5.41) is 3.63. The molecule has 0 saturated heterocycles. The highest BCUT2D eigenvalue weighted by Gasteiger charge is 1.93. The molecule has 0 aromatic carbocycles. The SMILES string of the molecule is CCc1cc(N)on1. The highest BCUT2D eigenvalue weighted by Crippen LogP contribution is 2.03. The lowest BCUT2D eigenvalue weighted by Gasteiger charge is -1.74. The summed E-state index contributed by atoms with van der Waals surface area (Å²) in [5.41, 5.74) is 6.13. The van der Waals surface area contributed by atoms with Gasteiger partial charge in [0.25, 0.3) is 0 Å². The van der Waals surface area contributed by atoms with Gasteiger partial charge in [0, 0.05) is 6.07 Å². The minimum absolute atomic E-state index is 0.391. The molecule has 0 unspecified atom stereocenters. The van der Waals surface area contributed by atoms with Gasteiger partial charge in [-0.15, -0.1) is 0 Å². The zero-order valence-corrected chi connectivity index (χ0v) is 4.72. The van der Waals surface area contributed by atoms with Crippen LogP contribution in [0.5, 0.6) is 0 Å². The molecule has 0 radical (unpaired) electrons. The third kappa shape index (κ3) is 0.804. The number of aryl methyl sites for hydroxylation is 1. The summed E-state index contributed by atoms with van der Waals surface area (Å²) < 4.78 is 4.58. The molecule has 0 bridgehead atoms. The maximum atomic E-state index is 5.22. The monoisotopic (exact) mass is 112 g/mol. The lowest BCUT2D eigenvalue weighted by Crippen LogP contribution is -1.77. The van der Waals surface area contributed by atoms with Crippen molar-refractivity contribution in [2.45, 2.75) is 13.3 Å². The van der Waals surface area contributed by atoms with Gasteiger partial charge >= 0.3 is 0 Å². The Morgan fingerprint density at radius 1 is 1.88 bits per heavy atom. The van der Waals surface area contributed by atoms with Crippen LogP contribution in [0.1, 0.15) is 12.6 Å². The van der Waals surface area contributed by atoms with Gasteiger partial charge < -0.3 is 10.3 Å². The summed E-state index contributed by atoms with van der Waals surface area (Å²) in [6, 6.07) is 1.72. The molecule has 2 N–H and O–H groups in total. The average molecular weight is 112 g/mol. The number of nitrogens with two attached hydrogens (primary N) is 1. The molecule has 3 nitrogen and oxygen atoms in total. The zero-order chi connectivity index (χ0) is 5.98. The second kappa shape index (κ2) is 1.86. The van der Waals surface area contributed by atoms with Crippen LogP contribution in [0.3, 0.4) is 0 Å². The number of nitrogens with zero attached hydrogens (tertiary/aromatic N) is 1. The number of nitrogen functional groups attached to an aromatic ring is 1. The number of hydrogen-bond donors (Lipinski definition) is 1. The van der Waals surface area contributed by atoms with E-state index >= 15 is 0 Å². The van der Waals surface area contributed by atoms with Gasteiger partial charge in [-0.3, -0.25) is 0 Å². The summed E-state index contributed by atoms with van der Waals surface area (Å²) >= 11 is 0. The molecule has 1 aromatic rings. The van der Waals surface area contributed by atoms with Crippen molar-refractivity contribution in [1.82, 2.24) is 5.16 Å².